The first-order chi connectivity index (χ1) is 17.5. The number of nitrogens with zero attached hydrogens (tertiary/aromatic N) is 6. The normalized spacial score (nSPS) is 17.5. The van der Waals surface area contributed by atoms with E-state index in [2.05, 4.69) is 25.6 Å². The highest BCUT2D eigenvalue weighted by Gasteiger charge is 2.29. The predicted molar refractivity (Wildman–Crippen MR) is 143 cm³/mol. The lowest BCUT2D eigenvalue weighted by Crippen LogP contribution is -2.48. The van der Waals surface area contributed by atoms with Gasteiger partial charge in [0.1, 0.15) is 22.2 Å². The molecular weight excluding hydrogens is 470 g/mol. The van der Waals surface area contributed by atoms with Crippen molar-refractivity contribution in [3.05, 3.63) is 58.4 Å². The Morgan fingerprint density at radius 3 is 2.33 bits per heavy atom. The van der Waals surface area contributed by atoms with Crippen LogP contribution in [0.5, 0.6) is 0 Å². The molecule has 0 bridgehead atoms. The van der Waals surface area contributed by atoms with Crippen molar-refractivity contribution in [3.63, 3.8) is 0 Å². The van der Waals surface area contributed by atoms with Crippen LogP contribution in [-0.2, 0) is 11.2 Å². The Balaban J connectivity index is 1.59. The highest BCUT2D eigenvalue weighted by molar-refractivity contribution is 8.00. The van der Waals surface area contributed by atoms with Crippen molar-refractivity contribution in [1.82, 2.24) is 14.8 Å². The van der Waals surface area contributed by atoms with Gasteiger partial charge in [0.25, 0.3) is 0 Å². The lowest BCUT2D eigenvalue weighted by atomic mass is 10.1. The Labute approximate surface area is 217 Å². The summed E-state index contributed by atoms with van der Waals surface area (Å²) >= 11 is 1.20. The number of thioether (sulfide) groups is 1. The number of amides is 1. The summed E-state index contributed by atoms with van der Waals surface area (Å²) < 4.78 is 0. The lowest BCUT2D eigenvalue weighted by molar-refractivity contribution is -0.117. The predicted octanol–water partition coefficient (Wildman–Crippen LogP) is 3.60. The van der Waals surface area contributed by atoms with Gasteiger partial charge in [-0.25, -0.2) is 9.83 Å². The summed E-state index contributed by atoms with van der Waals surface area (Å²) in [4.78, 5) is 28.2. The van der Waals surface area contributed by atoms with Gasteiger partial charge in [-0.05, 0) is 43.5 Å². The standard InChI is InChI=1S/C27H33N7OS/c1-3-21-22(19-28)27(36-24(25(29)35)20-9-5-4-6-10-20)31-26(23(21)30-2)34-17-15-33(16-18-34)14-13-32-11-7-8-12-32/h4-6,9-10,24H,3,7-8,11-18H2,1H3,(H2,29,35). The minimum absolute atomic E-state index is 0.365. The Kier molecular flexibility index (Phi) is 8.82. The molecule has 1 amide bonds. The van der Waals surface area contributed by atoms with Crippen LogP contribution >= 0.6 is 11.8 Å². The summed E-state index contributed by atoms with van der Waals surface area (Å²) in [6, 6.07) is 11.6. The number of primary amides is 1. The van der Waals surface area contributed by atoms with Crippen LogP contribution in [-0.4, -0.2) is 73.0 Å². The maximum Gasteiger partial charge on any atom is 0.235 e. The summed E-state index contributed by atoms with van der Waals surface area (Å²) in [7, 11) is 0. The molecule has 188 valence electrons. The molecule has 9 heteroatoms. The molecule has 3 heterocycles. The molecule has 2 fully saturated rings. The molecule has 1 unspecified atom stereocenters. The minimum atomic E-state index is -0.676. The molecule has 0 spiro atoms. The van der Waals surface area contributed by atoms with Gasteiger partial charge in [0, 0.05) is 39.3 Å². The van der Waals surface area contributed by atoms with Crippen molar-refractivity contribution in [2.75, 3.05) is 57.3 Å². The van der Waals surface area contributed by atoms with Crippen LogP contribution in [0.3, 0.4) is 0 Å². The van der Waals surface area contributed by atoms with Gasteiger partial charge in [0.05, 0.1) is 12.1 Å². The van der Waals surface area contributed by atoms with E-state index in [1.54, 1.807) is 0 Å². The van der Waals surface area contributed by atoms with E-state index < -0.39 is 11.2 Å². The van der Waals surface area contributed by atoms with Crippen LogP contribution in [0.4, 0.5) is 11.5 Å². The molecule has 2 aromatic rings. The van der Waals surface area contributed by atoms with E-state index in [9.17, 15) is 10.1 Å². The zero-order chi connectivity index (χ0) is 25.5. The number of hydrogen-bond acceptors (Lipinski definition) is 7. The highest BCUT2D eigenvalue weighted by atomic mass is 32.2. The van der Waals surface area contributed by atoms with E-state index in [4.69, 9.17) is 17.3 Å². The molecule has 1 aromatic heterocycles. The molecule has 0 aliphatic carbocycles. The molecule has 4 rings (SSSR count). The Hall–Kier alpha value is -3.11. The molecule has 0 saturated carbocycles. The average molecular weight is 504 g/mol. The number of piperazine rings is 1. The second-order valence-corrected chi connectivity index (χ2v) is 10.3. The second-order valence-electron chi connectivity index (χ2n) is 9.21. The van der Waals surface area contributed by atoms with Gasteiger partial charge in [0.2, 0.25) is 11.6 Å². The van der Waals surface area contributed by atoms with Crippen LogP contribution in [0.15, 0.2) is 35.4 Å². The SMILES string of the molecule is [C-]#[N+]c1c(N2CCN(CCN3CCCC3)CC2)nc(SC(C(N)=O)c2ccccc2)c(C#N)c1CC. The third-order valence-corrected chi connectivity index (χ3v) is 8.25. The van der Waals surface area contributed by atoms with Crippen LogP contribution in [0, 0.1) is 17.9 Å². The molecule has 0 radical (unpaired) electrons. The van der Waals surface area contributed by atoms with E-state index in [1.807, 2.05) is 37.3 Å². The topological polar surface area (TPSA) is 93.8 Å². The number of nitrogens with two attached hydrogens (primary N) is 1. The summed E-state index contributed by atoms with van der Waals surface area (Å²) in [5.74, 6) is 0.121. The largest absolute Gasteiger partial charge is 0.368 e. The molecule has 1 aromatic carbocycles. The van der Waals surface area contributed by atoms with E-state index in [-0.39, 0.29) is 0 Å². The minimum Gasteiger partial charge on any atom is -0.368 e. The number of carbonyl (C=O) groups is 1. The second kappa shape index (κ2) is 12.2. The van der Waals surface area contributed by atoms with Crippen LogP contribution in [0.25, 0.3) is 4.85 Å². The first-order valence-electron chi connectivity index (χ1n) is 12.6. The number of nitriles is 1. The van der Waals surface area contributed by atoms with Crippen LogP contribution in [0.1, 0.15) is 41.7 Å². The number of hydrogen-bond donors (Lipinski definition) is 1. The van der Waals surface area contributed by atoms with Crippen molar-refractivity contribution in [1.29, 1.82) is 5.26 Å². The zero-order valence-corrected chi connectivity index (χ0v) is 21.6. The van der Waals surface area contributed by atoms with Crippen molar-refractivity contribution < 1.29 is 4.79 Å². The van der Waals surface area contributed by atoms with Gasteiger partial charge < -0.3 is 15.5 Å². The van der Waals surface area contributed by atoms with Crippen LogP contribution < -0.4 is 10.6 Å². The monoisotopic (exact) mass is 503 g/mol. The van der Waals surface area contributed by atoms with Gasteiger partial charge in [-0.1, -0.05) is 49.0 Å². The number of aromatic nitrogens is 1. The number of likely N-dealkylation sites (tertiary alicyclic amines) is 1. The van der Waals surface area contributed by atoms with Crippen molar-refractivity contribution in [3.8, 4) is 6.07 Å². The van der Waals surface area contributed by atoms with Crippen LogP contribution in [0.2, 0.25) is 0 Å². The number of anilines is 1. The lowest BCUT2D eigenvalue weighted by Gasteiger charge is -2.37. The van der Waals surface area contributed by atoms with Gasteiger partial charge in [-0.2, -0.15) is 5.26 Å². The fourth-order valence-electron chi connectivity index (χ4n) is 4.97. The quantitative estimate of drug-likeness (QED) is 0.413. The summed E-state index contributed by atoms with van der Waals surface area (Å²) in [6.07, 6.45) is 3.14. The molecule has 2 N–H and O–H groups in total. The third-order valence-electron chi connectivity index (χ3n) is 6.99. The molecule has 2 aliphatic rings. The van der Waals surface area contributed by atoms with Crippen molar-refractivity contribution >= 4 is 29.2 Å². The summed E-state index contributed by atoms with van der Waals surface area (Å²) in [5.41, 5.74) is 8.03. The number of carbonyl (C=O) groups excluding carboxylic acids is 1. The highest BCUT2D eigenvalue weighted by Crippen LogP contribution is 2.42. The van der Waals surface area contributed by atoms with Crippen molar-refractivity contribution in [2.24, 2.45) is 5.73 Å². The first-order valence-corrected chi connectivity index (χ1v) is 13.5. The van der Waals surface area contributed by atoms with Gasteiger partial charge in [-0.3, -0.25) is 9.69 Å². The van der Waals surface area contributed by atoms with E-state index in [0.717, 1.165) is 44.8 Å². The fraction of sp³-hybridized carbons (Fsp3) is 0.481. The smallest absolute Gasteiger partial charge is 0.235 e. The zero-order valence-electron chi connectivity index (χ0n) is 20.8. The van der Waals surface area contributed by atoms with Gasteiger partial charge in [-0.15, -0.1) is 0 Å². The maximum absolute atomic E-state index is 12.4. The van der Waals surface area contributed by atoms with E-state index in [1.165, 1.54) is 37.7 Å². The summed E-state index contributed by atoms with van der Waals surface area (Å²) in [6.45, 7) is 17.8. The van der Waals surface area contributed by atoms with Gasteiger partial charge in [0.15, 0.2) is 0 Å². The maximum atomic E-state index is 12.4. The number of rotatable bonds is 9. The molecule has 1 atom stereocenters. The number of pyridine rings is 1. The Morgan fingerprint density at radius 1 is 1.14 bits per heavy atom. The Bertz CT molecular complexity index is 1140. The Morgan fingerprint density at radius 2 is 1.78 bits per heavy atom. The average Bonchev–Trinajstić information content (AvgIpc) is 3.44. The number of benzene rings is 1. The van der Waals surface area contributed by atoms with Crippen molar-refractivity contribution in [2.45, 2.75) is 36.5 Å². The van der Waals surface area contributed by atoms with E-state index in [0.29, 0.717) is 34.1 Å². The molecule has 2 saturated heterocycles. The third kappa shape index (κ3) is 5.82. The summed E-state index contributed by atoms with van der Waals surface area (Å²) in [5, 5.41) is 9.79. The van der Waals surface area contributed by atoms with E-state index >= 15 is 0 Å². The molecule has 36 heavy (non-hydrogen) atoms. The molecular formula is C27H33N7OS. The van der Waals surface area contributed by atoms with Gasteiger partial charge >= 0.3 is 0 Å². The molecule has 2 aliphatic heterocycles. The first kappa shape index (κ1) is 26.0. The fourth-order valence-corrected chi connectivity index (χ4v) is 6.03. The molecule has 8 nitrogen and oxygen atoms in total.